The van der Waals surface area contributed by atoms with Crippen LogP contribution in [0.3, 0.4) is 0 Å². The number of carbonyl (C=O) groups excluding carboxylic acids is 2. The fraction of sp³-hybridized carbons (Fsp3) is 0.176. The summed E-state index contributed by atoms with van der Waals surface area (Å²) in [5.41, 5.74) is 1.20. The van der Waals surface area contributed by atoms with Crippen LogP contribution in [0.5, 0.6) is 0 Å². The number of hydrogen-bond acceptors (Lipinski definition) is 6. The fourth-order valence-electron chi connectivity index (χ4n) is 2.77. The van der Waals surface area contributed by atoms with Gasteiger partial charge in [0.15, 0.2) is 0 Å². The van der Waals surface area contributed by atoms with Gasteiger partial charge in [-0.25, -0.2) is 0 Å². The Balaban J connectivity index is 1.68. The lowest BCUT2D eigenvalue weighted by Crippen LogP contribution is -2.35. The highest BCUT2D eigenvalue weighted by molar-refractivity contribution is 14.1. The molecule has 0 bridgehead atoms. The average molecular weight is 475 g/mol. The van der Waals surface area contributed by atoms with E-state index in [-0.39, 0.29) is 17.8 Å². The van der Waals surface area contributed by atoms with Gasteiger partial charge in [-0.2, -0.15) is 24.9 Å². The molecule has 4 rings (SSSR count). The molecular weight excluding hydrogens is 461 g/mol. The second-order valence-electron chi connectivity index (χ2n) is 6.00. The minimum atomic E-state index is -0.570. The van der Waals surface area contributed by atoms with Crippen LogP contribution in [-0.4, -0.2) is 51.7 Å². The molecule has 2 aliphatic heterocycles. The molecule has 27 heavy (non-hydrogen) atoms. The monoisotopic (exact) mass is 475 g/mol. The minimum absolute atomic E-state index is 0.0924. The number of nitrogens with one attached hydrogen (secondary N) is 1. The summed E-state index contributed by atoms with van der Waals surface area (Å²) in [5.74, 6) is -0.267. The molecule has 1 aromatic heterocycles. The summed E-state index contributed by atoms with van der Waals surface area (Å²) < 4.78 is 2.18. The Kier molecular flexibility index (Phi) is 4.34. The molecule has 1 aromatic carbocycles. The summed E-state index contributed by atoms with van der Waals surface area (Å²) >= 11 is 2.10. The standard InChI is InChI=1S/C17H14IN7O2/c1-9-7-13(20-15(26)10-5-3-4-6-12(10)18)25(23-9)17-21-14-11(16(27)22-17)8-19-24(14)2/h3-8,11H,1-2H3,(H,20,26). The van der Waals surface area contributed by atoms with Gasteiger partial charge in [-0.3, -0.25) is 14.6 Å². The first-order valence-electron chi connectivity index (χ1n) is 8.06. The number of fused-ring (bicyclic) bond motifs is 1. The maximum Gasteiger partial charge on any atom is 0.265 e. The fourth-order valence-corrected chi connectivity index (χ4v) is 3.40. The number of amidine groups is 1. The summed E-state index contributed by atoms with van der Waals surface area (Å²) in [5, 5.41) is 12.7. The molecule has 9 nitrogen and oxygen atoms in total. The van der Waals surface area contributed by atoms with Crippen LogP contribution in [-0.2, 0) is 4.79 Å². The summed E-state index contributed by atoms with van der Waals surface area (Å²) in [6.45, 7) is 1.78. The van der Waals surface area contributed by atoms with E-state index in [0.29, 0.717) is 22.9 Å². The Labute approximate surface area is 168 Å². The van der Waals surface area contributed by atoms with Crippen molar-refractivity contribution >= 4 is 58.2 Å². The molecule has 1 unspecified atom stereocenters. The van der Waals surface area contributed by atoms with Gasteiger partial charge < -0.3 is 5.32 Å². The number of halogens is 1. The number of amides is 2. The van der Waals surface area contributed by atoms with E-state index in [1.54, 1.807) is 32.2 Å². The lowest BCUT2D eigenvalue weighted by atomic mass is 10.1. The lowest BCUT2D eigenvalue weighted by Gasteiger charge is -2.17. The largest absolute Gasteiger partial charge is 0.306 e. The van der Waals surface area contributed by atoms with Gasteiger partial charge in [0.05, 0.1) is 11.3 Å². The molecule has 0 saturated carbocycles. The quantitative estimate of drug-likeness (QED) is 0.669. The highest BCUT2D eigenvalue weighted by Crippen LogP contribution is 2.20. The average Bonchev–Trinajstić information content (AvgIpc) is 3.18. The van der Waals surface area contributed by atoms with Crippen molar-refractivity contribution in [3.63, 3.8) is 0 Å². The maximum absolute atomic E-state index is 12.7. The van der Waals surface area contributed by atoms with Gasteiger partial charge in [0.25, 0.3) is 17.8 Å². The second kappa shape index (κ2) is 6.68. The van der Waals surface area contributed by atoms with Crippen molar-refractivity contribution in [3.8, 4) is 0 Å². The van der Waals surface area contributed by atoms with Crippen molar-refractivity contribution in [2.45, 2.75) is 6.92 Å². The molecule has 0 saturated heterocycles. The van der Waals surface area contributed by atoms with E-state index in [1.165, 1.54) is 15.9 Å². The topological polar surface area (TPSA) is 104 Å². The number of aryl methyl sites for hydroxylation is 1. The van der Waals surface area contributed by atoms with Crippen LogP contribution in [0, 0.1) is 16.4 Å². The lowest BCUT2D eigenvalue weighted by molar-refractivity contribution is -0.118. The van der Waals surface area contributed by atoms with Gasteiger partial charge in [-0.1, -0.05) is 12.1 Å². The molecule has 10 heteroatoms. The zero-order valence-electron chi connectivity index (χ0n) is 14.4. The highest BCUT2D eigenvalue weighted by atomic mass is 127. The third-order valence-corrected chi connectivity index (χ3v) is 5.01. The van der Waals surface area contributed by atoms with Crippen molar-refractivity contribution < 1.29 is 9.59 Å². The number of nitrogens with zero attached hydrogens (tertiary/aromatic N) is 6. The van der Waals surface area contributed by atoms with Crippen LogP contribution in [0.15, 0.2) is 45.4 Å². The molecule has 1 N–H and O–H groups in total. The van der Waals surface area contributed by atoms with E-state index in [9.17, 15) is 9.59 Å². The van der Waals surface area contributed by atoms with Crippen molar-refractivity contribution in [1.82, 2.24) is 14.8 Å². The Bertz CT molecular complexity index is 1050. The van der Waals surface area contributed by atoms with E-state index in [4.69, 9.17) is 0 Å². The number of rotatable bonds is 2. The van der Waals surface area contributed by atoms with Crippen LogP contribution in [0.25, 0.3) is 0 Å². The molecule has 136 valence electrons. The Morgan fingerprint density at radius 2 is 2.04 bits per heavy atom. The summed E-state index contributed by atoms with van der Waals surface area (Å²) in [7, 11) is 1.71. The predicted octanol–water partition coefficient (Wildman–Crippen LogP) is 1.74. The minimum Gasteiger partial charge on any atom is -0.306 e. The van der Waals surface area contributed by atoms with Crippen molar-refractivity contribution in [2.24, 2.45) is 21.0 Å². The molecule has 0 aliphatic carbocycles. The maximum atomic E-state index is 12.7. The predicted molar refractivity (Wildman–Crippen MR) is 109 cm³/mol. The molecule has 0 spiro atoms. The third kappa shape index (κ3) is 3.16. The van der Waals surface area contributed by atoms with Crippen molar-refractivity contribution in [2.75, 3.05) is 12.4 Å². The van der Waals surface area contributed by atoms with Gasteiger partial charge in [-0.05, 0) is 41.6 Å². The van der Waals surface area contributed by atoms with Crippen LogP contribution in [0.2, 0.25) is 0 Å². The number of hydrogen-bond donors (Lipinski definition) is 1. The Morgan fingerprint density at radius 1 is 1.26 bits per heavy atom. The van der Waals surface area contributed by atoms with E-state index >= 15 is 0 Å². The highest BCUT2D eigenvalue weighted by Gasteiger charge is 2.35. The molecule has 2 aliphatic rings. The first-order valence-corrected chi connectivity index (χ1v) is 9.14. The molecule has 1 atom stereocenters. The third-order valence-electron chi connectivity index (χ3n) is 4.07. The van der Waals surface area contributed by atoms with Crippen LogP contribution in [0.4, 0.5) is 5.82 Å². The smallest absolute Gasteiger partial charge is 0.265 e. The molecule has 0 fully saturated rings. The van der Waals surface area contributed by atoms with Crippen molar-refractivity contribution in [1.29, 1.82) is 0 Å². The Morgan fingerprint density at radius 3 is 2.81 bits per heavy atom. The number of anilines is 1. The van der Waals surface area contributed by atoms with Crippen molar-refractivity contribution in [3.05, 3.63) is 45.2 Å². The number of aliphatic imine (C=N–C) groups is 2. The van der Waals surface area contributed by atoms with Crippen LogP contribution in [0.1, 0.15) is 16.1 Å². The number of aromatic nitrogens is 2. The van der Waals surface area contributed by atoms with E-state index in [1.807, 2.05) is 12.1 Å². The number of hydrazone groups is 1. The van der Waals surface area contributed by atoms with Gasteiger partial charge in [-0.15, -0.1) is 0 Å². The summed E-state index contributed by atoms with van der Waals surface area (Å²) in [6, 6.07) is 8.95. The van der Waals surface area contributed by atoms with Crippen LogP contribution < -0.4 is 5.32 Å². The summed E-state index contributed by atoms with van der Waals surface area (Å²) in [6.07, 6.45) is 1.51. The first-order chi connectivity index (χ1) is 12.9. The summed E-state index contributed by atoms with van der Waals surface area (Å²) in [4.78, 5) is 33.4. The van der Waals surface area contributed by atoms with Gasteiger partial charge in [0.1, 0.15) is 17.6 Å². The normalized spacial score (nSPS) is 18.3. The SMILES string of the molecule is Cc1cc(NC(=O)c2ccccc2I)n(C2=NC(=O)C3C=NN(C)C3=N2)n1. The van der Waals surface area contributed by atoms with E-state index in [2.05, 4.69) is 48.1 Å². The van der Waals surface area contributed by atoms with Crippen LogP contribution >= 0.6 is 22.6 Å². The van der Waals surface area contributed by atoms with Gasteiger partial charge in [0, 0.05) is 22.9 Å². The Hall–Kier alpha value is -2.89. The molecule has 3 heterocycles. The molecule has 2 aromatic rings. The zero-order valence-corrected chi connectivity index (χ0v) is 16.6. The number of benzene rings is 1. The molecule has 2 amide bonds. The zero-order chi connectivity index (χ0) is 19.1. The van der Waals surface area contributed by atoms with Gasteiger partial charge >= 0.3 is 0 Å². The molecule has 0 radical (unpaired) electrons. The molecular formula is C17H14IN7O2. The second-order valence-corrected chi connectivity index (χ2v) is 7.16. The number of carbonyl (C=O) groups is 2. The first kappa shape index (κ1) is 17.5. The van der Waals surface area contributed by atoms with E-state index < -0.39 is 5.92 Å². The van der Waals surface area contributed by atoms with E-state index in [0.717, 1.165) is 3.57 Å². The van der Waals surface area contributed by atoms with Gasteiger partial charge in [0.2, 0.25) is 0 Å².